The van der Waals surface area contributed by atoms with E-state index in [4.69, 9.17) is 0 Å². The molecule has 0 aromatic heterocycles. The summed E-state index contributed by atoms with van der Waals surface area (Å²) in [6.07, 6.45) is 6.86. The normalized spacial score (nSPS) is 19.8. The first-order valence-corrected chi connectivity index (χ1v) is 6.59. The standard InChI is InChI=1S/C14H24O2/c1-10(2)14(16)13(15)9-11(3)12-7-5-4-6-8-12/h10-12H,4-9H2,1-3H3. The van der Waals surface area contributed by atoms with Crippen LogP contribution in [0, 0.1) is 17.8 Å². The zero-order valence-electron chi connectivity index (χ0n) is 10.8. The predicted molar refractivity (Wildman–Crippen MR) is 65.2 cm³/mol. The van der Waals surface area contributed by atoms with Crippen LogP contribution in [-0.4, -0.2) is 11.6 Å². The third-order valence-corrected chi connectivity index (χ3v) is 3.76. The van der Waals surface area contributed by atoms with Gasteiger partial charge in [-0.05, 0) is 11.8 Å². The summed E-state index contributed by atoms with van der Waals surface area (Å²) >= 11 is 0. The van der Waals surface area contributed by atoms with Gasteiger partial charge in [0.2, 0.25) is 5.78 Å². The van der Waals surface area contributed by atoms with E-state index in [9.17, 15) is 9.59 Å². The fourth-order valence-electron chi connectivity index (χ4n) is 2.58. The first-order chi connectivity index (χ1) is 7.52. The third-order valence-electron chi connectivity index (χ3n) is 3.76. The molecule has 92 valence electrons. The van der Waals surface area contributed by atoms with E-state index in [1.54, 1.807) is 13.8 Å². The average molecular weight is 224 g/mol. The number of carbonyl (C=O) groups excluding carboxylic acids is 2. The molecule has 0 radical (unpaired) electrons. The number of ketones is 2. The molecule has 0 amide bonds. The van der Waals surface area contributed by atoms with E-state index < -0.39 is 0 Å². The van der Waals surface area contributed by atoms with Crippen molar-refractivity contribution in [2.24, 2.45) is 17.8 Å². The van der Waals surface area contributed by atoms with Crippen molar-refractivity contribution in [3.63, 3.8) is 0 Å². The van der Waals surface area contributed by atoms with Crippen LogP contribution in [-0.2, 0) is 9.59 Å². The molecule has 0 aromatic carbocycles. The second-order valence-electron chi connectivity index (χ2n) is 5.52. The van der Waals surface area contributed by atoms with E-state index in [1.807, 2.05) is 0 Å². The van der Waals surface area contributed by atoms with Gasteiger partial charge in [-0.1, -0.05) is 52.9 Å². The quantitative estimate of drug-likeness (QED) is 0.671. The van der Waals surface area contributed by atoms with Crippen molar-refractivity contribution in [2.75, 3.05) is 0 Å². The van der Waals surface area contributed by atoms with Crippen molar-refractivity contribution >= 4 is 11.6 Å². The lowest BCUT2D eigenvalue weighted by atomic mass is 9.78. The Kier molecular flexibility index (Phi) is 5.17. The summed E-state index contributed by atoms with van der Waals surface area (Å²) in [4.78, 5) is 23.2. The summed E-state index contributed by atoms with van der Waals surface area (Å²) in [5.74, 6) is 0.551. The van der Waals surface area contributed by atoms with Gasteiger partial charge in [-0.15, -0.1) is 0 Å². The van der Waals surface area contributed by atoms with Gasteiger partial charge in [-0.25, -0.2) is 0 Å². The fraction of sp³-hybridized carbons (Fsp3) is 0.857. The molecule has 16 heavy (non-hydrogen) atoms. The Morgan fingerprint density at radius 1 is 1.06 bits per heavy atom. The van der Waals surface area contributed by atoms with Gasteiger partial charge in [-0.2, -0.15) is 0 Å². The van der Waals surface area contributed by atoms with Crippen molar-refractivity contribution in [3.05, 3.63) is 0 Å². The average Bonchev–Trinajstić information content (AvgIpc) is 2.28. The Balaban J connectivity index is 2.40. The predicted octanol–water partition coefficient (Wildman–Crippen LogP) is 3.39. The zero-order chi connectivity index (χ0) is 12.1. The third kappa shape index (κ3) is 3.73. The van der Waals surface area contributed by atoms with E-state index in [-0.39, 0.29) is 17.5 Å². The van der Waals surface area contributed by atoms with Gasteiger partial charge in [0.05, 0.1) is 0 Å². The maximum atomic E-state index is 11.7. The summed E-state index contributed by atoms with van der Waals surface area (Å²) in [6, 6.07) is 0. The minimum Gasteiger partial charge on any atom is -0.291 e. The number of hydrogen-bond donors (Lipinski definition) is 0. The molecule has 1 saturated carbocycles. The number of Topliss-reactive ketones (excluding diaryl/α,β-unsaturated/α-hetero) is 2. The highest BCUT2D eigenvalue weighted by molar-refractivity contribution is 6.37. The molecule has 1 atom stereocenters. The molecular formula is C14H24O2. The van der Waals surface area contributed by atoms with Crippen LogP contribution >= 0.6 is 0 Å². The summed E-state index contributed by atoms with van der Waals surface area (Å²) in [5, 5.41) is 0. The Morgan fingerprint density at radius 2 is 1.62 bits per heavy atom. The van der Waals surface area contributed by atoms with Crippen molar-refractivity contribution < 1.29 is 9.59 Å². The number of rotatable bonds is 5. The minimum atomic E-state index is -0.192. The SMILES string of the molecule is CC(C)C(=O)C(=O)CC(C)C1CCCCC1. The van der Waals surface area contributed by atoms with Crippen molar-refractivity contribution in [1.29, 1.82) is 0 Å². The van der Waals surface area contributed by atoms with Crippen LogP contribution in [0.1, 0.15) is 59.3 Å². The van der Waals surface area contributed by atoms with Crippen LogP contribution in [0.5, 0.6) is 0 Å². The van der Waals surface area contributed by atoms with Crippen molar-refractivity contribution in [3.8, 4) is 0 Å². The molecule has 1 rings (SSSR count). The summed E-state index contributed by atoms with van der Waals surface area (Å²) in [7, 11) is 0. The topological polar surface area (TPSA) is 34.1 Å². The molecular weight excluding hydrogens is 200 g/mol. The van der Waals surface area contributed by atoms with Gasteiger partial charge in [-0.3, -0.25) is 9.59 Å². The molecule has 0 heterocycles. The second kappa shape index (κ2) is 6.17. The largest absolute Gasteiger partial charge is 0.291 e. The van der Waals surface area contributed by atoms with Crippen molar-refractivity contribution in [2.45, 2.75) is 59.3 Å². The highest BCUT2D eigenvalue weighted by atomic mass is 16.2. The van der Waals surface area contributed by atoms with E-state index >= 15 is 0 Å². The molecule has 2 nitrogen and oxygen atoms in total. The molecule has 1 unspecified atom stereocenters. The lowest BCUT2D eigenvalue weighted by molar-refractivity contribution is -0.139. The molecule has 0 aliphatic heterocycles. The lowest BCUT2D eigenvalue weighted by Crippen LogP contribution is -2.25. The summed E-state index contributed by atoms with van der Waals surface area (Å²) < 4.78 is 0. The zero-order valence-corrected chi connectivity index (χ0v) is 10.8. The van der Waals surface area contributed by atoms with Crippen LogP contribution in [0.2, 0.25) is 0 Å². The van der Waals surface area contributed by atoms with Gasteiger partial charge in [0.25, 0.3) is 0 Å². The van der Waals surface area contributed by atoms with Gasteiger partial charge in [0, 0.05) is 12.3 Å². The highest BCUT2D eigenvalue weighted by Gasteiger charge is 2.25. The highest BCUT2D eigenvalue weighted by Crippen LogP contribution is 2.31. The maximum Gasteiger partial charge on any atom is 0.200 e. The second-order valence-corrected chi connectivity index (χ2v) is 5.52. The van der Waals surface area contributed by atoms with Crippen LogP contribution in [0.25, 0.3) is 0 Å². The van der Waals surface area contributed by atoms with E-state index in [2.05, 4.69) is 6.92 Å². The molecule has 1 fully saturated rings. The smallest absolute Gasteiger partial charge is 0.200 e. The van der Waals surface area contributed by atoms with Crippen LogP contribution in [0.3, 0.4) is 0 Å². The monoisotopic (exact) mass is 224 g/mol. The van der Waals surface area contributed by atoms with E-state index in [1.165, 1.54) is 32.1 Å². The molecule has 0 spiro atoms. The van der Waals surface area contributed by atoms with Crippen LogP contribution in [0.15, 0.2) is 0 Å². The van der Waals surface area contributed by atoms with Crippen molar-refractivity contribution in [1.82, 2.24) is 0 Å². The maximum absolute atomic E-state index is 11.7. The lowest BCUT2D eigenvalue weighted by Gasteiger charge is -2.27. The Morgan fingerprint density at radius 3 is 2.12 bits per heavy atom. The van der Waals surface area contributed by atoms with Gasteiger partial charge < -0.3 is 0 Å². The Hall–Kier alpha value is -0.660. The molecule has 0 N–H and O–H groups in total. The van der Waals surface area contributed by atoms with Gasteiger partial charge in [0.15, 0.2) is 5.78 Å². The van der Waals surface area contributed by atoms with Crippen LogP contribution in [0.4, 0.5) is 0 Å². The Bertz CT molecular complexity index is 249. The molecule has 0 saturated heterocycles. The summed E-state index contributed by atoms with van der Waals surface area (Å²) in [5.41, 5.74) is 0. The molecule has 0 aromatic rings. The van der Waals surface area contributed by atoms with E-state index in [0.29, 0.717) is 18.3 Å². The first kappa shape index (κ1) is 13.4. The minimum absolute atomic E-state index is 0.147. The number of carbonyl (C=O) groups is 2. The molecule has 1 aliphatic carbocycles. The van der Waals surface area contributed by atoms with Crippen LogP contribution < -0.4 is 0 Å². The van der Waals surface area contributed by atoms with E-state index in [0.717, 1.165) is 0 Å². The van der Waals surface area contributed by atoms with Gasteiger partial charge >= 0.3 is 0 Å². The Labute approximate surface area is 98.8 Å². The molecule has 0 bridgehead atoms. The summed E-state index contributed by atoms with van der Waals surface area (Å²) in [6.45, 7) is 5.72. The molecule has 2 heteroatoms. The van der Waals surface area contributed by atoms with Gasteiger partial charge in [0.1, 0.15) is 0 Å². The number of hydrogen-bond acceptors (Lipinski definition) is 2. The molecule has 1 aliphatic rings. The fourth-order valence-corrected chi connectivity index (χ4v) is 2.58. The first-order valence-electron chi connectivity index (χ1n) is 6.59.